The van der Waals surface area contributed by atoms with Gasteiger partial charge in [0.25, 0.3) is 0 Å². The molecule has 0 aromatic heterocycles. The molecule has 3 nitrogen and oxygen atoms in total. The van der Waals surface area contributed by atoms with E-state index in [1.165, 1.54) is 12.0 Å². The third-order valence-corrected chi connectivity index (χ3v) is 8.31. The third kappa shape index (κ3) is 3.03. The van der Waals surface area contributed by atoms with Crippen molar-refractivity contribution in [3.05, 3.63) is 47.5 Å². The van der Waals surface area contributed by atoms with Crippen molar-refractivity contribution in [1.82, 2.24) is 0 Å². The Bertz CT molecular complexity index is 754. The first-order valence-electron chi connectivity index (χ1n) is 10.9. The van der Waals surface area contributed by atoms with Crippen molar-refractivity contribution >= 4 is 5.97 Å². The highest BCUT2D eigenvalue weighted by atomic mass is 16.5. The number of rotatable bonds is 4. The van der Waals surface area contributed by atoms with Gasteiger partial charge >= 0.3 is 5.97 Å². The lowest BCUT2D eigenvalue weighted by Gasteiger charge is -2.53. The van der Waals surface area contributed by atoms with Gasteiger partial charge in [-0.05, 0) is 80.2 Å². The second-order valence-electron chi connectivity index (χ2n) is 9.69. The third-order valence-electron chi connectivity index (χ3n) is 8.31. The predicted octanol–water partition coefficient (Wildman–Crippen LogP) is 5.11. The molecule has 0 amide bonds. The molecule has 3 aliphatic rings. The lowest BCUT2D eigenvalue weighted by atomic mass is 9.53. The van der Waals surface area contributed by atoms with E-state index in [1.54, 1.807) is 0 Å². The first-order valence-corrected chi connectivity index (χ1v) is 10.9. The van der Waals surface area contributed by atoms with Crippen LogP contribution in [-0.2, 0) is 4.74 Å². The smallest absolute Gasteiger partial charge is 0.338 e. The Morgan fingerprint density at radius 2 is 1.96 bits per heavy atom. The van der Waals surface area contributed by atoms with Gasteiger partial charge < -0.3 is 9.84 Å². The van der Waals surface area contributed by atoms with Gasteiger partial charge in [0.15, 0.2) is 0 Å². The van der Waals surface area contributed by atoms with Gasteiger partial charge in [0.1, 0.15) is 6.10 Å². The van der Waals surface area contributed by atoms with Gasteiger partial charge in [0.2, 0.25) is 0 Å². The monoisotopic (exact) mass is 382 g/mol. The van der Waals surface area contributed by atoms with E-state index in [4.69, 9.17) is 4.74 Å². The molecule has 0 radical (unpaired) electrons. The molecule has 3 saturated carbocycles. The van der Waals surface area contributed by atoms with Crippen LogP contribution in [0.1, 0.15) is 57.3 Å². The van der Waals surface area contributed by atoms with Crippen molar-refractivity contribution in [2.75, 3.05) is 6.61 Å². The summed E-state index contributed by atoms with van der Waals surface area (Å²) < 4.78 is 6.12. The van der Waals surface area contributed by atoms with E-state index in [2.05, 4.69) is 33.8 Å². The van der Waals surface area contributed by atoms with Crippen molar-refractivity contribution in [1.29, 1.82) is 0 Å². The molecule has 0 aliphatic heterocycles. The molecule has 3 heteroatoms. The zero-order valence-corrected chi connectivity index (χ0v) is 17.6. The number of aliphatic hydroxyl groups is 1. The van der Waals surface area contributed by atoms with Gasteiger partial charge in [0, 0.05) is 12.5 Å². The summed E-state index contributed by atoms with van der Waals surface area (Å²) in [6.07, 6.45) is 5.40. The van der Waals surface area contributed by atoms with Crippen LogP contribution < -0.4 is 0 Å². The predicted molar refractivity (Wildman–Crippen MR) is 111 cm³/mol. The first kappa shape index (κ1) is 19.7. The second kappa shape index (κ2) is 7.33. The highest BCUT2D eigenvalue weighted by molar-refractivity contribution is 5.89. The zero-order valence-electron chi connectivity index (χ0n) is 17.6. The van der Waals surface area contributed by atoms with E-state index in [1.807, 2.05) is 30.3 Å². The molecule has 0 heterocycles. The average molecular weight is 383 g/mol. The highest BCUT2D eigenvalue weighted by Crippen LogP contribution is 2.72. The Morgan fingerprint density at radius 3 is 2.61 bits per heavy atom. The highest BCUT2D eigenvalue weighted by Gasteiger charge is 2.69. The standard InChI is InChI=1S/C25H34O3/c1-5-15(2)23-18(14-26)21-16(3)11-12-20(22(21)19-13-25(19,23)4)28-24(27)17-9-7-6-8-10-17/h5-10,16,18-23,26H,11-14H2,1-4H3/b15-5+/t16-,18-,19+,20-,21-,22-,23-,25+/m0/s1. The summed E-state index contributed by atoms with van der Waals surface area (Å²) in [7, 11) is 0. The molecule has 152 valence electrons. The molecule has 0 unspecified atom stereocenters. The zero-order chi connectivity index (χ0) is 20.1. The van der Waals surface area contributed by atoms with Crippen molar-refractivity contribution in [3.8, 4) is 0 Å². The van der Waals surface area contributed by atoms with E-state index in [0.29, 0.717) is 35.2 Å². The Kier molecular flexibility index (Phi) is 5.16. The molecule has 3 aliphatic carbocycles. The number of hydrogen-bond donors (Lipinski definition) is 1. The Hall–Kier alpha value is -1.61. The molecule has 1 N–H and O–H groups in total. The van der Waals surface area contributed by atoms with Gasteiger partial charge in [-0.1, -0.05) is 43.7 Å². The molecule has 4 rings (SSSR count). The molecule has 1 aromatic carbocycles. The minimum Gasteiger partial charge on any atom is -0.458 e. The summed E-state index contributed by atoms with van der Waals surface area (Å²) in [4.78, 5) is 12.8. The molecule has 8 atom stereocenters. The normalized spacial score (nSPS) is 42.3. The van der Waals surface area contributed by atoms with E-state index in [9.17, 15) is 9.90 Å². The summed E-state index contributed by atoms with van der Waals surface area (Å²) in [5.41, 5.74) is 2.28. The molecule has 3 fully saturated rings. The number of fused-ring (bicyclic) bond motifs is 3. The molecular weight excluding hydrogens is 348 g/mol. The van der Waals surface area contributed by atoms with Crippen LogP contribution in [0.5, 0.6) is 0 Å². The average Bonchev–Trinajstić information content (AvgIpc) is 3.40. The summed E-state index contributed by atoms with van der Waals surface area (Å²) >= 11 is 0. The fourth-order valence-electron chi connectivity index (χ4n) is 6.92. The number of carbonyl (C=O) groups excluding carboxylic acids is 1. The van der Waals surface area contributed by atoms with E-state index in [-0.39, 0.29) is 30.0 Å². The van der Waals surface area contributed by atoms with Gasteiger partial charge in [-0.3, -0.25) is 0 Å². The van der Waals surface area contributed by atoms with Crippen molar-refractivity contribution in [2.45, 2.75) is 53.1 Å². The van der Waals surface area contributed by atoms with Crippen molar-refractivity contribution < 1.29 is 14.6 Å². The summed E-state index contributed by atoms with van der Waals surface area (Å²) in [6, 6.07) is 9.34. The SMILES string of the molecule is C/C=C(\C)[C@H]1[C@@H](CO)[C@H]2[C@H]([C@@H](OC(=O)c3ccccc3)CC[C@@H]2C)[C@H]2C[C@]21C. The number of carbonyl (C=O) groups is 1. The van der Waals surface area contributed by atoms with Gasteiger partial charge in [0.05, 0.1) is 5.56 Å². The molecule has 0 bridgehead atoms. The fraction of sp³-hybridized carbons (Fsp3) is 0.640. The van der Waals surface area contributed by atoms with E-state index in [0.717, 1.165) is 12.8 Å². The maximum absolute atomic E-state index is 12.8. The summed E-state index contributed by atoms with van der Waals surface area (Å²) in [5.74, 6) is 2.46. The molecule has 1 aromatic rings. The van der Waals surface area contributed by atoms with Crippen LogP contribution in [0.3, 0.4) is 0 Å². The van der Waals surface area contributed by atoms with Crippen LogP contribution in [0.2, 0.25) is 0 Å². The lowest BCUT2D eigenvalue weighted by molar-refractivity contribution is -0.0967. The van der Waals surface area contributed by atoms with Crippen LogP contribution >= 0.6 is 0 Å². The van der Waals surface area contributed by atoms with Crippen LogP contribution in [-0.4, -0.2) is 23.8 Å². The fourth-order valence-corrected chi connectivity index (χ4v) is 6.92. The molecule has 28 heavy (non-hydrogen) atoms. The van der Waals surface area contributed by atoms with Gasteiger partial charge in [-0.2, -0.15) is 0 Å². The maximum Gasteiger partial charge on any atom is 0.338 e. The Labute approximate surface area is 169 Å². The van der Waals surface area contributed by atoms with Gasteiger partial charge in [-0.15, -0.1) is 0 Å². The number of hydrogen-bond acceptors (Lipinski definition) is 3. The Morgan fingerprint density at radius 1 is 1.25 bits per heavy atom. The van der Waals surface area contributed by atoms with Crippen LogP contribution in [0.25, 0.3) is 0 Å². The molecular formula is C25H34O3. The number of ether oxygens (including phenoxy) is 1. The van der Waals surface area contributed by atoms with Crippen LogP contribution in [0.15, 0.2) is 42.0 Å². The maximum atomic E-state index is 12.8. The first-order chi connectivity index (χ1) is 13.4. The Balaban J connectivity index is 1.63. The lowest BCUT2D eigenvalue weighted by Crippen LogP contribution is -2.52. The summed E-state index contributed by atoms with van der Waals surface area (Å²) in [6.45, 7) is 9.30. The number of allylic oxidation sites excluding steroid dienone is 2. The minimum absolute atomic E-state index is 0.0263. The molecule has 0 saturated heterocycles. The van der Waals surface area contributed by atoms with E-state index >= 15 is 0 Å². The minimum atomic E-state index is -0.200. The van der Waals surface area contributed by atoms with Gasteiger partial charge in [-0.25, -0.2) is 4.79 Å². The van der Waals surface area contributed by atoms with E-state index < -0.39 is 0 Å². The second-order valence-corrected chi connectivity index (χ2v) is 9.69. The van der Waals surface area contributed by atoms with Crippen molar-refractivity contribution in [3.63, 3.8) is 0 Å². The van der Waals surface area contributed by atoms with Crippen molar-refractivity contribution in [2.24, 2.45) is 40.9 Å². The topological polar surface area (TPSA) is 46.5 Å². The quantitative estimate of drug-likeness (QED) is 0.582. The van der Waals surface area contributed by atoms with Crippen LogP contribution in [0.4, 0.5) is 0 Å². The molecule has 0 spiro atoms. The number of esters is 1. The summed E-state index contributed by atoms with van der Waals surface area (Å²) in [5, 5.41) is 10.4. The largest absolute Gasteiger partial charge is 0.458 e. The number of aliphatic hydroxyl groups excluding tert-OH is 1. The van der Waals surface area contributed by atoms with Crippen LogP contribution in [0, 0.1) is 40.9 Å². The number of benzene rings is 1.